The van der Waals surface area contributed by atoms with Gasteiger partial charge in [-0.1, -0.05) is 6.07 Å². The molecule has 0 fully saturated rings. The number of nitrogens with one attached hydrogen (secondary N) is 1. The molecular weight excluding hydrogens is 265 g/mol. The summed E-state index contributed by atoms with van der Waals surface area (Å²) in [6.45, 7) is 0. The third-order valence-corrected chi connectivity index (χ3v) is 2.43. The van der Waals surface area contributed by atoms with Crippen molar-refractivity contribution in [2.45, 2.75) is 0 Å². The van der Waals surface area contributed by atoms with Gasteiger partial charge in [0.1, 0.15) is 29.1 Å². The highest BCUT2D eigenvalue weighted by Crippen LogP contribution is 2.25. The predicted molar refractivity (Wildman–Crippen MR) is 69.7 cm³/mol. The van der Waals surface area contributed by atoms with Gasteiger partial charge in [-0.2, -0.15) is 5.26 Å². The first-order chi connectivity index (χ1) is 9.51. The quantitative estimate of drug-likeness (QED) is 0.654. The Labute approximate surface area is 112 Å². The van der Waals surface area contributed by atoms with Crippen LogP contribution >= 0.6 is 0 Å². The van der Waals surface area contributed by atoms with Crippen molar-refractivity contribution < 1.29 is 9.31 Å². The number of hydrogen-bond donors (Lipinski definition) is 2. The molecule has 0 saturated heterocycles. The summed E-state index contributed by atoms with van der Waals surface area (Å²) in [5.41, 5.74) is 5.15. The van der Waals surface area contributed by atoms with Crippen LogP contribution in [0.2, 0.25) is 0 Å². The second kappa shape index (κ2) is 5.19. The summed E-state index contributed by atoms with van der Waals surface area (Å²) in [4.78, 5) is 13.9. The summed E-state index contributed by atoms with van der Waals surface area (Å²) in [5.74, 6) is -0.702. The second-order valence-electron chi connectivity index (χ2n) is 3.79. The van der Waals surface area contributed by atoms with Gasteiger partial charge < -0.3 is 11.1 Å². The topological polar surface area (TPSA) is 118 Å². The molecule has 3 N–H and O–H groups in total. The molecule has 0 aliphatic carbocycles. The van der Waals surface area contributed by atoms with Gasteiger partial charge in [-0.3, -0.25) is 10.1 Å². The van der Waals surface area contributed by atoms with E-state index in [1.54, 1.807) is 6.07 Å². The minimum absolute atomic E-state index is 0.0544. The van der Waals surface area contributed by atoms with Crippen LogP contribution in [0.3, 0.4) is 0 Å². The number of nitriles is 1. The molecule has 1 aromatic carbocycles. The summed E-state index contributed by atoms with van der Waals surface area (Å²) >= 11 is 0. The Balaban J connectivity index is 2.43. The maximum atomic E-state index is 13.4. The van der Waals surface area contributed by atoms with Crippen molar-refractivity contribution in [3.8, 4) is 6.07 Å². The van der Waals surface area contributed by atoms with Crippen LogP contribution in [0.1, 0.15) is 5.56 Å². The van der Waals surface area contributed by atoms with Gasteiger partial charge in [-0.05, 0) is 12.1 Å². The van der Waals surface area contributed by atoms with Crippen LogP contribution in [-0.2, 0) is 0 Å². The van der Waals surface area contributed by atoms with E-state index in [2.05, 4.69) is 10.3 Å². The number of benzene rings is 1. The average Bonchev–Trinajstić information content (AvgIpc) is 2.38. The van der Waals surface area contributed by atoms with E-state index >= 15 is 0 Å². The molecule has 0 amide bonds. The zero-order chi connectivity index (χ0) is 14.7. The molecule has 0 radical (unpaired) electrons. The highest BCUT2D eigenvalue weighted by molar-refractivity contribution is 5.67. The molecule has 8 heteroatoms. The van der Waals surface area contributed by atoms with Crippen molar-refractivity contribution in [2.75, 3.05) is 11.1 Å². The summed E-state index contributed by atoms with van der Waals surface area (Å²) < 4.78 is 13.4. The zero-order valence-electron chi connectivity index (χ0n) is 10.0. The molecule has 100 valence electrons. The Hall–Kier alpha value is -3.21. The van der Waals surface area contributed by atoms with Gasteiger partial charge in [0.2, 0.25) is 0 Å². The fraction of sp³-hybridized carbons (Fsp3) is 0. The van der Waals surface area contributed by atoms with E-state index in [4.69, 9.17) is 11.0 Å². The van der Waals surface area contributed by atoms with Crippen LogP contribution in [0.5, 0.6) is 0 Å². The molecule has 7 nitrogen and oxygen atoms in total. The largest absolute Gasteiger partial charge is 0.383 e. The first kappa shape index (κ1) is 13.2. The molecule has 0 aliphatic heterocycles. The fourth-order valence-corrected chi connectivity index (χ4v) is 1.59. The Kier molecular flexibility index (Phi) is 3.43. The first-order valence-electron chi connectivity index (χ1n) is 5.39. The number of hydrogen-bond acceptors (Lipinski definition) is 6. The van der Waals surface area contributed by atoms with E-state index < -0.39 is 10.7 Å². The van der Waals surface area contributed by atoms with E-state index in [9.17, 15) is 14.5 Å². The smallest absolute Gasteiger partial charge is 0.276 e. The van der Waals surface area contributed by atoms with Crippen LogP contribution < -0.4 is 11.1 Å². The lowest BCUT2D eigenvalue weighted by molar-refractivity contribution is -0.384. The minimum atomic E-state index is -0.698. The van der Waals surface area contributed by atoms with Gasteiger partial charge in [0, 0.05) is 0 Å². The highest BCUT2D eigenvalue weighted by atomic mass is 19.1. The molecule has 20 heavy (non-hydrogen) atoms. The van der Waals surface area contributed by atoms with Crippen molar-refractivity contribution in [1.82, 2.24) is 4.98 Å². The summed E-state index contributed by atoms with van der Waals surface area (Å²) in [6.07, 6.45) is 0. The average molecular weight is 273 g/mol. The standard InChI is InChI=1S/C12H8FN5O2/c13-9-2-1-3-10(8(9)6-14)16-12-5-7(18(19)20)4-11(15)17-12/h1-5H,(H3,15,16,17). The number of rotatable bonds is 3. The van der Waals surface area contributed by atoms with Crippen molar-refractivity contribution in [3.63, 3.8) is 0 Å². The van der Waals surface area contributed by atoms with E-state index in [-0.39, 0.29) is 28.6 Å². The number of nitrogens with two attached hydrogens (primary N) is 1. The second-order valence-corrected chi connectivity index (χ2v) is 3.79. The summed E-state index contributed by atoms with van der Waals surface area (Å²) in [6, 6.07) is 7.94. The number of nitro groups is 1. The summed E-state index contributed by atoms with van der Waals surface area (Å²) in [7, 11) is 0. The number of anilines is 3. The van der Waals surface area contributed by atoms with E-state index in [0.717, 1.165) is 18.2 Å². The van der Waals surface area contributed by atoms with Crippen LogP contribution in [0, 0.1) is 27.3 Å². The van der Waals surface area contributed by atoms with Crippen LogP contribution in [0.4, 0.5) is 27.4 Å². The van der Waals surface area contributed by atoms with E-state index in [1.165, 1.54) is 12.1 Å². The first-order valence-corrected chi connectivity index (χ1v) is 5.39. The highest BCUT2D eigenvalue weighted by Gasteiger charge is 2.12. The Bertz CT molecular complexity index is 726. The number of pyridine rings is 1. The predicted octanol–water partition coefficient (Wildman–Crippen LogP) is 2.33. The van der Waals surface area contributed by atoms with Crippen molar-refractivity contribution in [3.05, 3.63) is 51.8 Å². The zero-order valence-corrected chi connectivity index (χ0v) is 10.0. The molecule has 0 unspecified atom stereocenters. The lowest BCUT2D eigenvalue weighted by Gasteiger charge is -2.08. The lowest BCUT2D eigenvalue weighted by atomic mass is 10.2. The van der Waals surface area contributed by atoms with E-state index in [0.29, 0.717) is 0 Å². The lowest BCUT2D eigenvalue weighted by Crippen LogP contribution is -2.01. The SMILES string of the molecule is N#Cc1c(F)cccc1Nc1cc([N+](=O)[O-])cc(N)n1. The molecule has 1 aromatic heterocycles. The third kappa shape index (κ3) is 2.62. The molecule has 2 rings (SSSR count). The van der Waals surface area contributed by atoms with Crippen LogP contribution in [0.15, 0.2) is 30.3 Å². The fourth-order valence-electron chi connectivity index (χ4n) is 1.59. The van der Waals surface area contributed by atoms with Gasteiger partial charge in [-0.15, -0.1) is 0 Å². The molecule has 0 bridgehead atoms. The molecule has 0 saturated carbocycles. The maximum Gasteiger partial charge on any atom is 0.276 e. The Morgan fingerprint density at radius 3 is 2.85 bits per heavy atom. The van der Waals surface area contributed by atoms with Gasteiger partial charge in [0.15, 0.2) is 0 Å². The molecule has 2 aromatic rings. The van der Waals surface area contributed by atoms with Crippen molar-refractivity contribution >= 4 is 23.0 Å². The van der Waals surface area contributed by atoms with Gasteiger partial charge in [0.05, 0.1) is 22.7 Å². The monoisotopic (exact) mass is 273 g/mol. The maximum absolute atomic E-state index is 13.4. The summed E-state index contributed by atoms with van der Waals surface area (Å²) in [5, 5.41) is 22.3. The number of aromatic nitrogens is 1. The van der Waals surface area contributed by atoms with Gasteiger partial charge in [-0.25, -0.2) is 9.37 Å². The van der Waals surface area contributed by atoms with Gasteiger partial charge >= 0.3 is 0 Å². The Morgan fingerprint density at radius 1 is 1.45 bits per heavy atom. The Morgan fingerprint density at radius 2 is 2.20 bits per heavy atom. The van der Waals surface area contributed by atoms with Gasteiger partial charge in [0.25, 0.3) is 5.69 Å². The minimum Gasteiger partial charge on any atom is -0.383 e. The molecule has 1 heterocycles. The molecular formula is C12H8FN5O2. The molecule has 0 atom stereocenters. The molecule has 0 spiro atoms. The number of halogens is 1. The normalized spacial score (nSPS) is 9.80. The van der Waals surface area contributed by atoms with E-state index in [1.807, 2.05) is 0 Å². The number of nitrogen functional groups attached to an aromatic ring is 1. The third-order valence-electron chi connectivity index (χ3n) is 2.43. The molecule has 0 aliphatic rings. The number of nitrogens with zero attached hydrogens (tertiary/aromatic N) is 3. The van der Waals surface area contributed by atoms with Crippen molar-refractivity contribution in [1.29, 1.82) is 5.26 Å². The van der Waals surface area contributed by atoms with Crippen molar-refractivity contribution in [2.24, 2.45) is 0 Å². The van der Waals surface area contributed by atoms with Crippen LogP contribution in [-0.4, -0.2) is 9.91 Å². The van der Waals surface area contributed by atoms with Crippen LogP contribution in [0.25, 0.3) is 0 Å².